The van der Waals surface area contributed by atoms with Gasteiger partial charge in [-0.1, -0.05) is 31.5 Å². The van der Waals surface area contributed by atoms with Crippen molar-refractivity contribution < 1.29 is 18.3 Å². The first-order valence-electron chi connectivity index (χ1n) is 6.84. The number of rotatable bonds is 5. The largest absolute Gasteiger partial charge is 0.485 e. The van der Waals surface area contributed by atoms with E-state index in [4.69, 9.17) is 16.3 Å². The normalized spacial score (nSPS) is 24.4. The number of aliphatic hydroxyl groups is 1. The van der Waals surface area contributed by atoms with Gasteiger partial charge in [0.15, 0.2) is 9.84 Å². The molecule has 0 aliphatic carbocycles. The number of ether oxygens (including phenoxy) is 1. The summed E-state index contributed by atoms with van der Waals surface area (Å²) in [5, 5.41) is 13.4. The number of aliphatic hydroxyl groups excluding tert-OH is 1. The summed E-state index contributed by atoms with van der Waals surface area (Å²) in [4.78, 5) is 0. The van der Waals surface area contributed by atoms with Crippen molar-refractivity contribution in [1.82, 2.24) is 5.32 Å². The van der Waals surface area contributed by atoms with Gasteiger partial charge in [0.25, 0.3) is 0 Å². The van der Waals surface area contributed by atoms with Crippen molar-refractivity contribution in [1.29, 1.82) is 0 Å². The van der Waals surface area contributed by atoms with Crippen LogP contribution in [-0.4, -0.2) is 43.3 Å². The predicted octanol–water partition coefficient (Wildman–Crippen LogP) is 1.37. The molecule has 5 nitrogen and oxygen atoms in total. The molecule has 2 atom stereocenters. The van der Waals surface area contributed by atoms with Gasteiger partial charge < -0.3 is 15.2 Å². The van der Waals surface area contributed by atoms with Crippen molar-refractivity contribution >= 4 is 21.4 Å². The molecule has 1 aromatic rings. The second-order valence-corrected chi connectivity index (χ2v) is 8.16. The molecule has 0 amide bonds. The summed E-state index contributed by atoms with van der Waals surface area (Å²) in [5.41, 5.74) is 1.01. The molecule has 2 unspecified atom stereocenters. The fraction of sp³-hybridized carbons (Fsp3) is 0.571. The Morgan fingerprint density at radius 3 is 2.67 bits per heavy atom. The van der Waals surface area contributed by atoms with Crippen LogP contribution in [0.2, 0.25) is 5.02 Å². The molecule has 1 aliphatic rings. The lowest BCUT2D eigenvalue weighted by atomic mass is 10.2. The topological polar surface area (TPSA) is 75.6 Å². The molecule has 0 bridgehead atoms. The van der Waals surface area contributed by atoms with Gasteiger partial charge >= 0.3 is 0 Å². The maximum Gasteiger partial charge on any atom is 0.156 e. The summed E-state index contributed by atoms with van der Waals surface area (Å²) in [6, 6.07) is 5.73. The first-order valence-corrected chi connectivity index (χ1v) is 9.04. The fourth-order valence-corrected chi connectivity index (χ4v) is 4.05. The molecule has 1 fully saturated rings. The maximum absolute atomic E-state index is 11.4. The average Bonchev–Trinajstić information content (AvgIpc) is 2.62. The third-order valence-electron chi connectivity index (χ3n) is 3.26. The molecule has 118 valence electrons. The van der Waals surface area contributed by atoms with E-state index in [2.05, 4.69) is 19.2 Å². The molecular formula is C14H20ClNO4S. The van der Waals surface area contributed by atoms with Crippen molar-refractivity contribution in [2.45, 2.75) is 38.6 Å². The van der Waals surface area contributed by atoms with Crippen LogP contribution in [0.4, 0.5) is 0 Å². The van der Waals surface area contributed by atoms with Gasteiger partial charge in [0, 0.05) is 12.6 Å². The Hall–Kier alpha value is -0.820. The SMILES string of the molecule is CC(C)NCc1ccc(OC2CS(=O)(=O)CC2O)c(Cl)c1. The van der Waals surface area contributed by atoms with Crippen LogP contribution in [0.5, 0.6) is 5.75 Å². The predicted molar refractivity (Wildman–Crippen MR) is 82.5 cm³/mol. The van der Waals surface area contributed by atoms with E-state index in [9.17, 15) is 13.5 Å². The van der Waals surface area contributed by atoms with E-state index in [0.29, 0.717) is 23.4 Å². The van der Waals surface area contributed by atoms with Crippen LogP contribution in [0.15, 0.2) is 18.2 Å². The smallest absolute Gasteiger partial charge is 0.156 e. The Morgan fingerprint density at radius 1 is 1.43 bits per heavy atom. The number of halogens is 1. The summed E-state index contributed by atoms with van der Waals surface area (Å²) in [5.74, 6) is -0.0431. The standard InChI is InChI=1S/C14H20ClNO4S/c1-9(2)16-6-10-3-4-13(11(15)5-10)20-14-8-21(18,19)7-12(14)17/h3-5,9,12,14,16-17H,6-8H2,1-2H3. The van der Waals surface area contributed by atoms with Crippen molar-refractivity contribution in [2.75, 3.05) is 11.5 Å². The summed E-state index contributed by atoms with van der Waals surface area (Å²) in [6.07, 6.45) is -1.76. The zero-order valence-corrected chi connectivity index (χ0v) is 13.6. The highest BCUT2D eigenvalue weighted by Gasteiger charge is 2.38. The van der Waals surface area contributed by atoms with Crippen LogP contribution in [0.25, 0.3) is 0 Å². The Kier molecular flexibility index (Phi) is 5.14. The van der Waals surface area contributed by atoms with E-state index >= 15 is 0 Å². The third kappa shape index (κ3) is 4.57. The van der Waals surface area contributed by atoms with E-state index in [1.807, 2.05) is 6.07 Å². The Morgan fingerprint density at radius 2 is 2.14 bits per heavy atom. The van der Waals surface area contributed by atoms with Gasteiger partial charge in [-0.05, 0) is 17.7 Å². The van der Waals surface area contributed by atoms with E-state index in [1.54, 1.807) is 12.1 Å². The molecule has 1 heterocycles. The fourth-order valence-electron chi connectivity index (χ4n) is 2.14. The maximum atomic E-state index is 11.4. The van der Waals surface area contributed by atoms with Crippen LogP contribution in [0.3, 0.4) is 0 Å². The number of hydrogen-bond donors (Lipinski definition) is 2. The summed E-state index contributed by atoms with van der Waals surface area (Å²) >= 11 is 6.16. The Bertz CT molecular complexity index is 603. The quantitative estimate of drug-likeness (QED) is 0.851. The van der Waals surface area contributed by atoms with Gasteiger partial charge in [-0.2, -0.15) is 0 Å². The van der Waals surface area contributed by atoms with Gasteiger partial charge in [0.05, 0.1) is 16.5 Å². The molecule has 2 N–H and O–H groups in total. The third-order valence-corrected chi connectivity index (χ3v) is 5.24. The lowest BCUT2D eigenvalue weighted by molar-refractivity contribution is 0.0738. The summed E-state index contributed by atoms with van der Waals surface area (Å²) in [7, 11) is -3.23. The minimum absolute atomic E-state index is 0.179. The number of benzene rings is 1. The summed E-state index contributed by atoms with van der Waals surface area (Å²) in [6.45, 7) is 4.81. The highest BCUT2D eigenvalue weighted by Crippen LogP contribution is 2.28. The second kappa shape index (κ2) is 6.52. The first-order chi connectivity index (χ1) is 9.77. The van der Waals surface area contributed by atoms with Crippen LogP contribution in [0, 0.1) is 0 Å². The second-order valence-electron chi connectivity index (χ2n) is 5.60. The van der Waals surface area contributed by atoms with Crippen LogP contribution >= 0.6 is 11.6 Å². The van der Waals surface area contributed by atoms with E-state index in [0.717, 1.165) is 5.56 Å². The van der Waals surface area contributed by atoms with Crippen LogP contribution < -0.4 is 10.1 Å². The number of sulfone groups is 1. The van der Waals surface area contributed by atoms with Crippen molar-refractivity contribution in [3.63, 3.8) is 0 Å². The molecule has 0 aromatic heterocycles. The van der Waals surface area contributed by atoms with Gasteiger partial charge in [-0.15, -0.1) is 0 Å². The van der Waals surface area contributed by atoms with Crippen molar-refractivity contribution in [2.24, 2.45) is 0 Å². The van der Waals surface area contributed by atoms with Crippen molar-refractivity contribution in [3.05, 3.63) is 28.8 Å². The molecule has 21 heavy (non-hydrogen) atoms. The van der Waals surface area contributed by atoms with Gasteiger partial charge in [-0.25, -0.2) is 8.42 Å². The molecule has 7 heteroatoms. The molecule has 2 rings (SSSR count). The Balaban J connectivity index is 2.04. The Labute approximate surface area is 130 Å². The lowest BCUT2D eigenvalue weighted by Crippen LogP contribution is -2.29. The monoisotopic (exact) mass is 333 g/mol. The van der Waals surface area contributed by atoms with Crippen molar-refractivity contribution in [3.8, 4) is 5.75 Å². The highest BCUT2D eigenvalue weighted by atomic mass is 35.5. The molecule has 1 saturated heterocycles. The lowest BCUT2D eigenvalue weighted by Gasteiger charge is -2.17. The molecular weight excluding hydrogens is 314 g/mol. The molecule has 1 aliphatic heterocycles. The zero-order valence-electron chi connectivity index (χ0n) is 12.0. The van der Waals surface area contributed by atoms with Gasteiger partial charge in [0.1, 0.15) is 18.0 Å². The highest BCUT2D eigenvalue weighted by molar-refractivity contribution is 7.91. The van der Waals surface area contributed by atoms with Gasteiger partial charge in [-0.3, -0.25) is 0 Å². The van der Waals surface area contributed by atoms with E-state index in [-0.39, 0.29) is 11.5 Å². The average molecular weight is 334 g/mol. The van der Waals surface area contributed by atoms with Crippen LogP contribution in [0.1, 0.15) is 19.4 Å². The minimum atomic E-state index is -3.23. The van der Waals surface area contributed by atoms with E-state index < -0.39 is 22.0 Å². The van der Waals surface area contributed by atoms with Gasteiger partial charge in [0.2, 0.25) is 0 Å². The van der Waals surface area contributed by atoms with E-state index in [1.165, 1.54) is 0 Å². The number of nitrogens with one attached hydrogen (secondary N) is 1. The number of hydrogen-bond acceptors (Lipinski definition) is 5. The zero-order chi connectivity index (χ0) is 15.6. The molecule has 0 saturated carbocycles. The first kappa shape index (κ1) is 16.5. The summed E-state index contributed by atoms with van der Waals surface area (Å²) < 4.78 is 28.4. The minimum Gasteiger partial charge on any atom is -0.485 e. The molecule has 0 radical (unpaired) electrons. The van der Waals surface area contributed by atoms with Crippen LogP contribution in [-0.2, 0) is 16.4 Å². The molecule has 0 spiro atoms. The molecule has 1 aromatic carbocycles.